The van der Waals surface area contributed by atoms with Crippen molar-refractivity contribution in [3.05, 3.63) is 24.4 Å². The molecule has 0 aliphatic carbocycles. The van der Waals surface area contributed by atoms with Crippen LogP contribution in [0.5, 0.6) is 0 Å². The van der Waals surface area contributed by atoms with Crippen LogP contribution in [0.25, 0.3) is 0 Å². The van der Waals surface area contributed by atoms with E-state index in [-0.39, 0.29) is 18.1 Å². The van der Waals surface area contributed by atoms with Crippen molar-refractivity contribution in [3.8, 4) is 0 Å². The van der Waals surface area contributed by atoms with Gasteiger partial charge >= 0.3 is 0 Å². The number of allylic oxidation sites excluding steroid dienone is 1. The maximum absolute atomic E-state index is 10.7. The van der Waals surface area contributed by atoms with Crippen LogP contribution in [0.1, 0.15) is 6.92 Å². The summed E-state index contributed by atoms with van der Waals surface area (Å²) < 4.78 is 0. The molecular weight excluding hydrogens is 156 g/mol. The van der Waals surface area contributed by atoms with E-state index in [4.69, 9.17) is 5.73 Å². The highest BCUT2D eigenvalue weighted by atomic mass is 16.3. The summed E-state index contributed by atoms with van der Waals surface area (Å²) in [6.07, 6.45) is 2.34. The molecule has 0 aromatic rings. The fraction of sp³-hybridized carbons (Fsp3) is 0.375. The van der Waals surface area contributed by atoms with Crippen molar-refractivity contribution in [1.82, 2.24) is 5.32 Å². The van der Waals surface area contributed by atoms with Gasteiger partial charge in [-0.3, -0.25) is 4.79 Å². The maximum Gasteiger partial charge on any atom is 0.237 e. The third-order valence-corrected chi connectivity index (χ3v) is 1.22. The molecule has 4 heteroatoms. The lowest BCUT2D eigenvalue weighted by molar-refractivity contribution is -0.119. The molecule has 0 rings (SSSR count). The average Bonchev–Trinajstić information content (AvgIpc) is 2.04. The van der Waals surface area contributed by atoms with Crippen molar-refractivity contribution in [2.75, 3.05) is 6.54 Å². The van der Waals surface area contributed by atoms with Crippen LogP contribution in [0.2, 0.25) is 0 Å². The zero-order valence-electron chi connectivity index (χ0n) is 7.08. The normalized spacial score (nSPS) is 12.9. The molecule has 0 spiro atoms. The monoisotopic (exact) mass is 170 g/mol. The highest BCUT2D eigenvalue weighted by Gasteiger charge is 2.06. The largest absolute Gasteiger partial charge is 0.383 e. The highest BCUT2D eigenvalue weighted by Crippen LogP contribution is 1.96. The van der Waals surface area contributed by atoms with E-state index < -0.39 is 6.10 Å². The smallest absolute Gasteiger partial charge is 0.237 e. The molecule has 0 aromatic heterocycles. The fourth-order valence-electron chi connectivity index (χ4n) is 0.602. The minimum Gasteiger partial charge on any atom is -0.383 e. The van der Waals surface area contributed by atoms with Crippen LogP contribution in [-0.2, 0) is 4.79 Å². The van der Waals surface area contributed by atoms with Gasteiger partial charge in [-0.2, -0.15) is 0 Å². The van der Waals surface area contributed by atoms with E-state index in [1.165, 1.54) is 6.08 Å². The topological polar surface area (TPSA) is 75.4 Å². The second-order valence-electron chi connectivity index (χ2n) is 2.25. The molecule has 0 saturated carbocycles. The standard InChI is InChI=1S/C8H14N2O2/c1-3-4-7(11)6(2)10-8(12)5-9/h3-4,7,11H,2,5,9H2,1H3,(H,10,12)/b4-3+/t7-/m1/s1. The molecule has 0 aliphatic heterocycles. The molecule has 0 unspecified atom stereocenters. The van der Waals surface area contributed by atoms with Gasteiger partial charge in [-0.15, -0.1) is 0 Å². The van der Waals surface area contributed by atoms with Gasteiger partial charge in [-0.1, -0.05) is 18.7 Å². The number of carbonyl (C=O) groups excluding carboxylic acids is 1. The number of hydrogen-bond acceptors (Lipinski definition) is 3. The summed E-state index contributed by atoms with van der Waals surface area (Å²) in [5.41, 5.74) is 5.28. The summed E-state index contributed by atoms with van der Waals surface area (Å²) >= 11 is 0. The van der Waals surface area contributed by atoms with Crippen molar-refractivity contribution in [3.63, 3.8) is 0 Å². The van der Waals surface area contributed by atoms with Gasteiger partial charge in [0.25, 0.3) is 0 Å². The first-order chi connectivity index (χ1) is 5.61. The van der Waals surface area contributed by atoms with Crippen molar-refractivity contribution in [1.29, 1.82) is 0 Å². The van der Waals surface area contributed by atoms with Crippen LogP contribution >= 0.6 is 0 Å². The molecule has 0 radical (unpaired) electrons. The first-order valence-electron chi connectivity index (χ1n) is 3.61. The molecule has 0 aromatic carbocycles. The number of aliphatic hydroxyl groups is 1. The number of amides is 1. The quantitative estimate of drug-likeness (QED) is 0.498. The Morgan fingerprint density at radius 3 is 2.83 bits per heavy atom. The predicted octanol–water partition coefficient (Wildman–Crippen LogP) is -0.488. The van der Waals surface area contributed by atoms with Crippen LogP contribution in [0.4, 0.5) is 0 Å². The predicted molar refractivity (Wildman–Crippen MR) is 47.2 cm³/mol. The Bertz CT molecular complexity index is 199. The number of nitrogens with two attached hydrogens (primary N) is 1. The van der Waals surface area contributed by atoms with Crippen LogP contribution in [0, 0.1) is 0 Å². The van der Waals surface area contributed by atoms with Gasteiger partial charge < -0.3 is 16.2 Å². The van der Waals surface area contributed by atoms with Gasteiger partial charge in [0.15, 0.2) is 0 Å². The summed E-state index contributed by atoms with van der Waals surface area (Å²) in [5, 5.41) is 11.6. The fourth-order valence-corrected chi connectivity index (χ4v) is 0.602. The molecule has 12 heavy (non-hydrogen) atoms. The lowest BCUT2D eigenvalue weighted by Gasteiger charge is -2.10. The Kier molecular flexibility index (Phi) is 4.99. The second kappa shape index (κ2) is 5.51. The van der Waals surface area contributed by atoms with Crippen LogP contribution in [0.15, 0.2) is 24.4 Å². The van der Waals surface area contributed by atoms with E-state index in [1.54, 1.807) is 13.0 Å². The molecule has 4 N–H and O–H groups in total. The second-order valence-corrected chi connectivity index (χ2v) is 2.25. The Hall–Kier alpha value is -1.13. The number of aliphatic hydroxyl groups excluding tert-OH is 1. The number of hydrogen-bond donors (Lipinski definition) is 3. The van der Waals surface area contributed by atoms with Crippen LogP contribution in [0.3, 0.4) is 0 Å². The molecule has 0 fully saturated rings. The minimum absolute atomic E-state index is 0.110. The lowest BCUT2D eigenvalue weighted by atomic mass is 10.2. The van der Waals surface area contributed by atoms with Gasteiger partial charge in [0.2, 0.25) is 5.91 Å². The Morgan fingerprint density at radius 1 is 1.83 bits per heavy atom. The Labute approximate surface area is 71.8 Å². The minimum atomic E-state index is -0.842. The molecule has 1 atom stereocenters. The van der Waals surface area contributed by atoms with Gasteiger partial charge in [-0.05, 0) is 6.92 Å². The van der Waals surface area contributed by atoms with Gasteiger partial charge in [0.1, 0.15) is 6.10 Å². The molecular formula is C8H14N2O2. The van der Waals surface area contributed by atoms with Gasteiger partial charge in [0, 0.05) is 5.70 Å². The Balaban J connectivity index is 3.95. The number of rotatable bonds is 4. The van der Waals surface area contributed by atoms with E-state index in [2.05, 4.69) is 11.9 Å². The third kappa shape index (κ3) is 3.90. The molecule has 0 aliphatic rings. The molecule has 1 amide bonds. The van der Waals surface area contributed by atoms with Crippen molar-refractivity contribution in [2.45, 2.75) is 13.0 Å². The molecule has 0 heterocycles. The zero-order chi connectivity index (χ0) is 9.56. The van der Waals surface area contributed by atoms with Crippen LogP contribution < -0.4 is 11.1 Å². The first kappa shape index (κ1) is 10.9. The molecule has 0 saturated heterocycles. The summed E-state index contributed by atoms with van der Waals surface area (Å²) in [6, 6.07) is 0. The maximum atomic E-state index is 10.7. The first-order valence-corrected chi connectivity index (χ1v) is 3.61. The van der Waals surface area contributed by atoms with Gasteiger partial charge in [-0.25, -0.2) is 0 Å². The number of carbonyl (C=O) groups is 1. The number of nitrogens with one attached hydrogen (secondary N) is 1. The van der Waals surface area contributed by atoms with Crippen molar-refractivity contribution in [2.24, 2.45) is 5.73 Å². The van der Waals surface area contributed by atoms with E-state index in [0.717, 1.165) is 0 Å². The van der Waals surface area contributed by atoms with Crippen molar-refractivity contribution < 1.29 is 9.90 Å². The summed E-state index contributed by atoms with van der Waals surface area (Å²) in [6.45, 7) is 5.13. The van der Waals surface area contributed by atoms with E-state index in [9.17, 15) is 9.90 Å². The van der Waals surface area contributed by atoms with Gasteiger partial charge in [0.05, 0.1) is 6.54 Å². The summed E-state index contributed by atoms with van der Waals surface area (Å²) in [5.74, 6) is -0.358. The molecule has 4 nitrogen and oxygen atoms in total. The van der Waals surface area contributed by atoms with Crippen molar-refractivity contribution >= 4 is 5.91 Å². The van der Waals surface area contributed by atoms with E-state index in [0.29, 0.717) is 0 Å². The molecule has 68 valence electrons. The molecule has 0 bridgehead atoms. The SMILES string of the molecule is C=C(NC(=O)CN)[C@H](O)/C=C/C. The van der Waals surface area contributed by atoms with Crippen LogP contribution in [-0.4, -0.2) is 23.7 Å². The Morgan fingerprint density at radius 2 is 2.42 bits per heavy atom. The average molecular weight is 170 g/mol. The summed E-state index contributed by atoms with van der Waals surface area (Å²) in [7, 11) is 0. The summed E-state index contributed by atoms with van der Waals surface area (Å²) in [4.78, 5) is 10.7. The highest BCUT2D eigenvalue weighted by molar-refractivity contribution is 5.79. The lowest BCUT2D eigenvalue weighted by Crippen LogP contribution is -2.33. The third-order valence-electron chi connectivity index (χ3n) is 1.22. The van der Waals surface area contributed by atoms with E-state index >= 15 is 0 Å². The van der Waals surface area contributed by atoms with E-state index in [1.807, 2.05) is 0 Å². The zero-order valence-corrected chi connectivity index (χ0v) is 7.08.